The van der Waals surface area contributed by atoms with Gasteiger partial charge in [0.2, 0.25) is 0 Å². The Morgan fingerprint density at radius 1 is 1.27 bits per heavy atom. The second kappa shape index (κ2) is 4.98. The molecule has 0 heterocycles. The van der Waals surface area contributed by atoms with Gasteiger partial charge in [-0.25, -0.2) is 4.39 Å². The lowest BCUT2D eigenvalue weighted by atomic mass is 10.1. The first-order chi connectivity index (χ1) is 7.13. The van der Waals surface area contributed by atoms with Crippen LogP contribution in [0.25, 0.3) is 0 Å². The molecule has 1 atom stereocenters. The minimum absolute atomic E-state index is 0.312. The van der Waals surface area contributed by atoms with Crippen molar-refractivity contribution in [1.82, 2.24) is 0 Å². The molecule has 0 aliphatic heterocycles. The number of nitrogens with two attached hydrogens (primary N) is 1. The van der Waals surface area contributed by atoms with Gasteiger partial charge in [0.1, 0.15) is 17.7 Å². The van der Waals surface area contributed by atoms with Crippen LogP contribution in [0.15, 0.2) is 12.1 Å². The molecule has 0 saturated heterocycles. The quantitative estimate of drug-likeness (QED) is 0.833. The molecule has 0 spiro atoms. The fourth-order valence-electron chi connectivity index (χ4n) is 1.46. The number of ether oxygens (including phenoxy) is 2. The van der Waals surface area contributed by atoms with E-state index in [-0.39, 0.29) is 0 Å². The van der Waals surface area contributed by atoms with Crippen molar-refractivity contribution in [2.45, 2.75) is 19.6 Å². The molecule has 0 bridgehead atoms. The summed E-state index contributed by atoms with van der Waals surface area (Å²) in [5.74, 6) is 1.11. The second-order valence-corrected chi connectivity index (χ2v) is 3.23. The van der Waals surface area contributed by atoms with Crippen LogP contribution in [0.2, 0.25) is 0 Å². The fourth-order valence-corrected chi connectivity index (χ4v) is 1.46. The number of rotatable bonds is 4. The Hall–Kier alpha value is -1.29. The normalized spacial score (nSPS) is 12.3. The van der Waals surface area contributed by atoms with E-state index in [4.69, 9.17) is 15.2 Å². The van der Waals surface area contributed by atoms with Crippen LogP contribution >= 0.6 is 0 Å². The van der Waals surface area contributed by atoms with Crippen molar-refractivity contribution >= 4 is 0 Å². The van der Waals surface area contributed by atoms with Crippen LogP contribution in [-0.2, 0) is 6.54 Å². The van der Waals surface area contributed by atoms with Crippen LogP contribution in [0.3, 0.4) is 0 Å². The molecule has 4 heteroatoms. The molecular weight excluding hydrogens is 197 g/mol. The Morgan fingerprint density at radius 2 is 1.87 bits per heavy atom. The Bertz CT molecular complexity index is 340. The van der Waals surface area contributed by atoms with Gasteiger partial charge < -0.3 is 15.2 Å². The number of hydrogen-bond acceptors (Lipinski definition) is 3. The van der Waals surface area contributed by atoms with E-state index in [2.05, 4.69) is 0 Å². The summed E-state index contributed by atoms with van der Waals surface area (Å²) in [7, 11) is 3.05. The fraction of sp³-hybridized carbons (Fsp3) is 0.455. The van der Waals surface area contributed by atoms with Gasteiger partial charge in [0.15, 0.2) is 0 Å². The molecule has 84 valence electrons. The van der Waals surface area contributed by atoms with Crippen molar-refractivity contribution < 1.29 is 13.9 Å². The zero-order valence-electron chi connectivity index (χ0n) is 9.21. The monoisotopic (exact) mass is 213 g/mol. The maximum absolute atomic E-state index is 13.3. The third-order valence-corrected chi connectivity index (χ3v) is 2.28. The summed E-state index contributed by atoms with van der Waals surface area (Å²) in [6.07, 6.45) is -1.09. The zero-order chi connectivity index (χ0) is 11.4. The smallest absolute Gasteiger partial charge is 0.128 e. The lowest BCUT2D eigenvalue weighted by molar-refractivity contribution is 0.342. The van der Waals surface area contributed by atoms with E-state index in [1.807, 2.05) is 0 Å². The summed E-state index contributed by atoms with van der Waals surface area (Å²) in [6.45, 7) is 1.78. The predicted octanol–water partition coefficient (Wildman–Crippen LogP) is 2.19. The van der Waals surface area contributed by atoms with E-state index in [1.165, 1.54) is 14.0 Å². The average molecular weight is 213 g/mol. The molecule has 1 aromatic carbocycles. The molecular formula is C11H16FNO2. The van der Waals surface area contributed by atoms with Crippen LogP contribution in [0.5, 0.6) is 11.5 Å². The van der Waals surface area contributed by atoms with Gasteiger partial charge in [0.25, 0.3) is 0 Å². The summed E-state index contributed by atoms with van der Waals surface area (Å²) < 4.78 is 23.5. The second-order valence-electron chi connectivity index (χ2n) is 3.23. The largest absolute Gasteiger partial charge is 0.496 e. The van der Waals surface area contributed by atoms with Crippen molar-refractivity contribution in [1.29, 1.82) is 0 Å². The summed E-state index contributed by atoms with van der Waals surface area (Å²) in [5.41, 5.74) is 6.82. The minimum atomic E-state index is -1.09. The summed E-state index contributed by atoms with van der Waals surface area (Å²) >= 11 is 0. The molecule has 1 rings (SSSR count). The lowest BCUT2D eigenvalue weighted by Crippen LogP contribution is -2.03. The first-order valence-corrected chi connectivity index (χ1v) is 4.73. The Labute approximate surface area is 89.0 Å². The molecule has 0 saturated carbocycles. The standard InChI is InChI=1S/C11H16FNO2/c1-7(12)9-4-8(6-13)10(14-2)5-11(9)15-3/h4-5,7H,6,13H2,1-3H3. The molecule has 3 nitrogen and oxygen atoms in total. The van der Waals surface area contributed by atoms with Crippen molar-refractivity contribution in [2.75, 3.05) is 14.2 Å². The Balaban J connectivity index is 3.27. The first kappa shape index (κ1) is 11.8. The van der Waals surface area contributed by atoms with Gasteiger partial charge in [-0.15, -0.1) is 0 Å². The highest BCUT2D eigenvalue weighted by Gasteiger charge is 2.14. The van der Waals surface area contributed by atoms with E-state index in [9.17, 15) is 4.39 Å². The molecule has 1 unspecified atom stereocenters. The number of methoxy groups -OCH3 is 2. The average Bonchev–Trinajstić information content (AvgIpc) is 2.26. The predicted molar refractivity (Wildman–Crippen MR) is 57.0 cm³/mol. The third kappa shape index (κ3) is 2.39. The van der Waals surface area contributed by atoms with Gasteiger partial charge in [-0.05, 0) is 13.0 Å². The SMILES string of the molecule is COc1cc(OC)c(C(C)F)cc1CN. The lowest BCUT2D eigenvalue weighted by Gasteiger charge is -2.14. The van der Waals surface area contributed by atoms with E-state index in [0.29, 0.717) is 23.6 Å². The number of alkyl halides is 1. The Kier molecular flexibility index (Phi) is 3.91. The Morgan fingerprint density at radius 3 is 2.27 bits per heavy atom. The van der Waals surface area contributed by atoms with Crippen molar-refractivity contribution in [2.24, 2.45) is 5.73 Å². The highest BCUT2D eigenvalue weighted by atomic mass is 19.1. The van der Waals surface area contributed by atoms with Gasteiger partial charge in [0.05, 0.1) is 14.2 Å². The van der Waals surface area contributed by atoms with Gasteiger partial charge in [-0.3, -0.25) is 0 Å². The molecule has 0 fully saturated rings. The maximum atomic E-state index is 13.3. The number of hydrogen-bond donors (Lipinski definition) is 1. The van der Waals surface area contributed by atoms with E-state index >= 15 is 0 Å². The van der Waals surface area contributed by atoms with Crippen molar-refractivity contribution in [3.05, 3.63) is 23.3 Å². The molecule has 2 N–H and O–H groups in total. The summed E-state index contributed by atoms with van der Waals surface area (Å²) in [6, 6.07) is 3.34. The summed E-state index contributed by atoms with van der Waals surface area (Å²) in [5, 5.41) is 0. The van der Waals surface area contributed by atoms with Crippen LogP contribution in [-0.4, -0.2) is 14.2 Å². The highest BCUT2D eigenvalue weighted by molar-refractivity contribution is 5.47. The van der Waals surface area contributed by atoms with Crippen molar-refractivity contribution in [3.8, 4) is 11.5 Å². The van der Waals surface area contributed by atoms with Crippen LogP contribution in [0, 0.1) is 0 Å². The summed E-state index contributed by atoms with van der Waals surface area (Å²) in [4.78, 5) is 0. The van der Waals surface area contributed by atoms with Crippen LogP contribution < -0.4 is 15.2 Å². The molecule has 0 aliphatic rings. The molecule has 0 amide bonds. The molecule has 15 heavy (non-hydrogen) atoms. The van der Waals surface area contributed by atoms with Crippen LogP contribution in [0.4, 0.5) is 4.39 Å². The molecule has 0 aromatic heterocycles. The van der Waals surface area contributed by atoms with Gasteiger partial charge >= 0.3 is 0 Å². The molecule has 1 aromatic rings. The minimum Gasteiger partial charge on any atom is -0.496 e. The third-order valence-electron chi connectivity index (χ3n) is 2.28. The van der Waals surface area contributed by atoms with Gasteiger partial charge in [-0.1, -0.05) is 0 Å². The first-order valence-electron chi connectivity index (χ1n) is 4.73. The highest BCUT2D eigenvalue weighted by Crippen LogP contribution is 2.33. The van der Waals surface area contributed by atoms with Crippen LogP contribution in [0.1, 0.15) is 24.2 Å². The van der Waals surface area contributed by atoms with E-state index < -0.39 is 6.17 Å². The van der Waals surface area contributed by atoms with Gasteiger partial charge in [-0.2, -0.15) is 0 Å². The molecule has 0 radical (unpaired) electrons. The topological polar surface area (TPSA) is 44.5 Å². The number of benzene rings is 1. The maximum Gasteiger partial charge on any atom is 0.128 e. The van der Waals surface area contributed by atoms with Gasteiger partial charge in [0, 0.05) is 23.7 Å². The van der Waals surface area contributed by atoms with E-state index in [0.717, 1.165) is 5.56 Å². The zero-order valence-corrected chi connectivity index (χ0v) is 9.21. The van der Waals surface area contributed by atoms with E-state index in [1.54, 1.807) is 19.2 Å². The molecule has 0 aliphatic carbocycles. The van der Waals surface area contributed by atoms with Crippen molar-refractivity contribution in [3.63, 3.8) is 0 Å². The number of halogens is 1.